The molecule has 1 heterocycles. The monoisotopic (exact) mass is 413 g/mol. The number of carbonyl (C=O) groups excluding carboxylic acids is 2. The van der Waals surface area contributed by atoms with Gasteiger partial charge in [-0.3, -0.25) is 14.5 Å². The molecule has 0 atom stereocenters. The predicted molar refractivity (Wildman–Crippen MR) is 114 cm³/mol. The first-order valence-corrected chi connectivity index (χ1v) is 9.98. The zero-order valence-corrected chi connectivity index (χ0v) is 17.5. The Morgan fingerprint density at radius 1 is 0.931 bits per heavy atom. The van der Waals surface area contributed by atoms with Crippen LogP contribution in [0.15, 0.2) is 47.4 Å². The summed E-state index contributed by atoms with van der Waals surface area (Å²) in [4.78, 5) is 26.8. The van der Waals surface area contributed by atoms with Crippen LogP contribution in [0.1, 0.15) is 17.5 Å². The van der Waals surface area contributed by atoms with E-state index in [1.54, 1.807) is 18.2 Å². The Hall–Kier alpha value is -2.93. The molecule has 29 heavy (non-hydrogen) atoms. The average Bonchev–Trinajstić information content (AvgIpc) is 3.01. The summed E-state index contributed by atoms with van der Waals surface area (Å²) in [6.07, 6.45) is 3.18. The van der Waals surface area contributed by atoms with E-state index in [4.69, 9.17) is 14.2 Å². The van der Waals surface area contributed by atoms with Gasteiger partial charge in [-0.25, -0.2) is 0 Å². The summed E-state index contributed by atoms with van der Waals surface area (Å²) in [6, 6.07) is 13.4. The van der Waals surface area contributed by atoms with Gasteiger partial charge in [-0.1, -0.05) is 30.3 Å². The Bertz CT molecular complexity index is 926. The lowest BCUT2D eigenvalue weighted by Gasteiger charge is -2.13. The summed E-state index contributed by atoms with van der Waals surface area (Å²) >= 11 is 0.936. The van der Waals surface area contributed by atoms with Crippen LogP contribution in [-0.2, 0) is 11.2 Å². The van der Waals surface area contributed by atoms with Gasteiger partial charge in [0.25, 0.3) is 11.1 Å². The molecule has 0 radical (unpaired) electrons. The molecule has 6 nitrogen and oxygen atoms in total. The second kappa shape index (κ2) is 9.52. The van der Waals surface area contributed by atoms with E-state index in [2.05, 4.69) is 0 Å². The number of thioether (sulfide) groups is 1. The molecule has 0 aromatic heterocycles. The molecule has 152 valence electrons. The molecule has 1 saturated heterocycles. The Labute approximate surface area is 174 Å². The van der Waals surface area contributed by atoms with Gasteiger partial charge in [0.2, 0.25) is 0 Å². The molecular formula is C22H23NO5S. The fraction of sp³-hybridized carbons (Fsp3) is 0.273. The van der Waals surface area contributed by atoms with Crippen LogP contribution < -0.4 is 14.2 Å². The van der Waals surface area contributed by atoms with E-state index in [-0.39, 0.29) is 11.1 Å². The molecule has 0 unspecified atom stereocenters. The first kappa shape index (κ1) is 20.8. The molecule has 0 spiro atoms. The fourth-order valence-electron chi connectivity index (χ4n) is 3.09. The molecule has 0 bridgehead atoms. The maximum Gasteiger partial charge on any atom is 0.293 e. The average molecular weight is 413 g/mol. The number of aryl methyl sites for hydroxylation is 1. The number of hydrogen-bond donors (Lipinski definition) is 0. The maximum atomic E-state index is 12.8. The van der Waals surface area contributed by atoms with Crippen LogP contribution in [0.5, 0.6) is 17.2 Å². The second-order valence-electron chi connectivity index (χ2n) is 6.37. The summed E-state index contributed by atoms with van der Waals surface area (Å²) < 4.78 is 16.0. The Morgan fingerprint density at radius 3 is 2.24 bits per heavy atom. The quantitative estimate of drug-likeness (QED) is 0.599. The number of ether oxygens (including phenoxy) is 3. The third kappa shape index (κ3) is 4.74. The van der Waals surface area contributed by atoms with Crippen LogP contribution in [0, 0.1) is 0 Å². The van der Waals surface area contributed by atoms with Crippen molar-refractivity contribution in [1.29, 1.82) is 0 Å². The molecule has 0 N–H and O–H groups in total. The lowest BCUT2D eigenvalue weighted by molar-refractivity contribution is -0.122. The highest BCUT2D eigenvalue weighted by molar-refractivity contribution is 8.18. The molecule has 3 rings (SSSR count). The molecule has 2 aromatic rings. The minimum atomic E-state index is -0.287. The van der Waals surface area contributed by atoms with Crippen molar-refractivity contribution < 1.29 is 23.8 Å². The first-order valence-electron chi connectivity index (χ1n) is 9.16. The molecule has 1 aliphatic heterocycles. The van der Waals surface area contributed by atoms with Crippen molar-refractivity contribution in [2.75, 3.05) is 27.9 Å². The Morgan fingerprint density at radius 2 is 1.59 bits per heavy atom. The molecule has 1 fully saturated rings. The number of carbonyl (C=O) groups is 2. The van der Waals surface area contributed by atoms with Gasteiger partial charge in [-0.2, -0.15) is 0 Å². The van der Waals surface area contributed by atoms with E-state index in [9.17, 15) is 9.59 Å². The Kier molecular flexibility index (Phi) is 6.82. The number of nitrogens with zero attached hydrogens (tertiary/aromatic N) is 1. The molecule has 0 aliphatic carbocycles. The summed E-state index contributed by atoms with van der Waals surface area (Å²) in [5.41, 5.74) is 1.82. The summed E-state index contributed by atoms with van der Waals surface area (Å²) in [7, 11) is 4.61. The maximum absolute atomic E-state index is 12.8. The van der Waals surface area contributed by atoms with Crippen LogP contribution in [0.2, 0.25) is 0 Å². The number of amides is 2. The van der Waals surface area contributed by atoms with Gasteiger partial charge in [0.1, 0.15) is 5.75 Å². The highest BCUT2D eigenvalue weighted by Crippen LogP contribution is 2.38. The minimum Gasteiger partial charge on any atom is -0.496 e. The topological polar surface area (TPSA) is 65.1 Å². The number of benzene rings is 2. The van der Waals surface area contributed by atoms with Crippen molar-refractivity contribution >= 4 is 29.0 Å². The summed E-state index contributed by atoms with van der Waals surface area (Å²) in [5, 5.41) is -0.256. The predicted octanol–water partition coefficient (Wildman–Crippen LogP) is 4.38. The molecule has 2 aromatic carbocycles. The number of methoxy groups -OCH3 is 3. The Balaban J connectivity index is 1.75. The highest BCUT2D eigenvalue weighted by atomic mass is 32.2. The zero-order chi connectivity index (χ0) is 20.8. The van der Waals surface area contributed by atoms with Crippen molar-refractivity contribution in [3.05, 3.63) is 58.5 Å². The first-order chi connectivity index (χ1) is 14.1. The smallest absolute Gasteiger partial charge is 0.293 e. The van der Waals surface area contributed by atoms with Crippen LogP contribution in [0.3, 0.4) is 0 Å². The van der Waals surface area contributed by atoms with Crippen LogP contribution >= 0.6 is 11.8 Å². The molecular weight excluding hydrogens is 390 g/mol. The number of rotatable bonds is 8. The van der Waals surface area contributed by atoms with Crippen LogP contribution in [-0.4, -0.2) is 43.9 Å². The van der Waals surface area contributed by atoms with Gasteiger partial charge in [0.15, 0.2) is 11.5 Å². The summed E-state index contributed by atoms with van der Waals surface area (Å²) in [6.45, 7) is 0.389. The van der Waals surface area contributed by atoms with Gasteiger partial charge >= 0.3 is 0 Å². The second-order valence-corrected chi connectivity index (χ2v) is 7.36. The standard InChI is InChI=1S/C22H23NO5S/c1-26-17-14-19(28-3)18(27-2)12-16(17)13-20-21(24)23(22(25)29-20)11-7-10-15-8-5-4-6-9-15/h4-6,8-9,12-14H,7,10-11H2,1-3H3. The van der Waals surface area contributed by atoms with Gasteiger partial charge in [0, 0.05) is 18.2 Å². The van der Waals surface area contributed by atoms with Crippen molar-refractivity contribution in [1.82, 2.24) is 4.90 Å². The number of imide groups is 1. The van der Waals surface area contributed by atoms with E-state index in [0.717, 1.165) is 24.6 Å². The zero-order valence-electron chi connectivity index (χ0n) is 16.6. The lowest BCUT2D eigenvalue weighted by atomic mass is 10.1. The van der Waals surface area contributed by atoms with Gasteiger partial charge in [-0.05, 0) is 42.3 Å². The largest absolute Gasteiger partial charge is 0.496 e. The fourth-order valence-corrected chi connectivity index (χ4v) is 3.94. The lowest BCUT2D eigenvalue weighted by Crippen LogP contribution is -2.29. The van der Waals surface area contributed by atoms with Gasteiger partial charge in [-0.15, -0.1) is 0 Å². The van der Waals surface area contributed by atoms with Gasteiger partial charge < -0.3 is 14.2 Å². The van der Waals surface area contributed by atoms with Crippen molar-refractivity contribution in [2.45, 2.75) is 12.8 Å². The van der Waals surface area contributed by atoms with Crippen LogP contribution in [0.25, 0.3) is 6.08 Å². The van der Waals surface area contributed by atoms with Crippen molar-refractivity contribution in [3.63, 3.8) is 0 Å². The molecule has 0 saturated carbocycles. The van der Waals surface area contributed by atoms with Crippen LogP contribution in [0.4, 0.5) is 4.79 Å². The van der Waals surface area contributed by atoms with Crippen molar-refractivity contribution in [3.8, 4) is 17.2 Å². The van der Waals surface area contributed by atoms with E-state index >= 15 is 0 Å². The highest BCUT2D eigenvalue weighted by Gasteiger charge is 2.34. The third-order valence-electron chi connectivity index (χ3n) is 4.59. The van der Waals surface area contributed by atoms with Crippen molar-refractivity contribution in [2.24, 2.45) is 0 Å². The SMILES string of the molecule is COc1cc(OC)c(OC)cc1C=C1SC(=O)N(CCCc2ccccc2)C1=O. The van der Waals surface area contributed by atoms with E-state index in [1.807, 2.05) is 30.3 Å². The van der Waals surface area contributed by atoms with E-state index in [0.29, 0.717) is 34.3 Å². The minimum absolute atomic E-state index is 0.256. The molecule has 2 amide bonds. The van der Waals surface area contributed by atoms with Gasteiger partial charge in [0.05, 0.1) is 26.2 Å². The molecule has 1 aliphatic rings. The van der Waals surface area contributed by atoms with E-state index in [1.165, 1.54) is 31.8 Å². The van der Waals surface area contributed by atoms with E-state index < -0.39 is 0 Å². The number of hydrogen-bond acceptors (Lipinski definition) is 6. The molecule has 7 heteroatoms. The third-order valence-corrected chi connectivity index (χ3v) is 5.49. The normalized spacial score (nSPS) is 15.1. The summed E-state index contributed by atoms with van der Waals surface area (Å²) in [5.74, 6) is 1.28.